The molecule has 4 nitrogen and oxygen atoms in total. The van der Waals surface area contributed by atoms with Crippen LogP contribution in [0.15, 0.2) is 0 Å². The number of likely N-dealkylation sites (N-methyl/N-ethyl adjacent to an activating group) is 1. The topological polar surface area (TPSA) is 41.6 Å². The molecule has 1 saturated carbocycles. The fourth-order valence-electron chi connectivity index (χ4n) is 2.31. The average molecular weight is 226 g/mol. The largest absolute Gasteiger partial charge is 0.465 e. The van der Waals surface area contributed by atoms with Crippen molar-refractivity contribution < 1.29 is 9.53 Å². The molecule has 92 valence electrons. The summed E-state index contributed by atoms with van der Waals surface area (Å²) >= 11 is 0. The molecule has 2 rings (SSSR count). The van der Waals surface area contributed by atoms with Crippen LogP contribution in [0.25, 0.3) is 0 Å². The van der Waals surface area contributed by atoms with Crippen LogP contribution >= 0.6 is 0 Å². The normalized spacial score (nSPS) is 30.6. The summed E-state index contributed by atoms with van der Waals surface area (Å²) in [5.41, 5.74) is -0.437. The summed E-state index contributed by atoms with van der Waals surface area (Å²) in [4.78, 5) is 14.2. The summed E-state index contributed by atoms with van der Waals surface area (Å²) in [7, 11) is 2.06. The van der Waals surface area contributed by atoms with E-state index in [0.29, 0.717) is 6.61 Å². The Labute approximate surface area is 97.3 Å². The molecule has 1 heterocycles. The van der Waals surface area contributed by atoms with E-state index in [4.69, 9.17) is 4.74 Å². The number of hydrogen-bond donors (Lipinski definition) is 1. The van der Waals surface area contributed by atoms with E-state index in [0.717, 1.165) is 32.0 Å². The second-order valence-electron chi connectivity index (χ2n) is 5.11. The van der Waals surface area contributed by atoms with Crippen molar-refractivity contribution in [1.29, 1.82) is 0 Å². The molecule has 4 heteroatoms. The van der Waals surface area contributed by atoms with Crippen molar-refractivity contribution in [3.8, 4) is 0 Å². The van der Waals surface area contributed by atoms with E-state index in [9.17, 15) is 4.79 Å². The maximum atomic E-state index is 12.0. The van der Waals surface area contributed by atoms with E-state index < -0.39 is 5.54 Å². The number of ether oxygens (including phenoxy) is 1. The van der Waals surface area contributed by atoms with Crippen LogP contribution in [0.1, 0.15) is 26.2 Å². The molecule has 0 amide bonds. The van der Waals surface area contributed by atoms with Gasteiger partial charge in [0.1, 0.15) is 5.54 Å². The smallest absolute Gasteiger partial charge is 0.327 e. The van der Waals surface area contributed by atoms with Gasteiger partial charge in [-0.15, -0.1) is 0 Å². The molecule has 0 aromatic rings. The van der Waals surface area contributed by atoms with E-state index >= 15 is 0 Å². The highest BCUT2D eigenvalue weighted by molar-refractivity contribution is 5.81. The van der Waals surface area contributed by atoms with Crippen LogP contribution in [0.5, 0.6) is 0 Å². The molecule has 2 aliphatic rings. The minimum atomic E-state index is -0.437. The predicted octanol–water partition coefficient (Wildman–Crippen LogP) is 0.623. The lowest BCUT2D eigenvalue weighted by atomic mass is 9.98. The third-order valence-electron chi connectivity index (χ3n) is 3.55. The summed E-state index contributed by atoms with van der Waals surface area (Å²) in [6, 6.07) is 0. The van der Waals surface area contributed by atoms with Crippen molar-refractivity contribution in [3.05, 3.63) is 0 Å². The average Bonchev–Trinajstić information content (AvgIpc) is 3.00. The number of rotatable bonds is 5. The SMILES string of the molecule is CCOC(=O)C1(NCC2CC2)CCN(C)C1. The van der Waals surface area contributed by atoms with E-state index in [1.165, 1.54) is 12.8 Å². The molecule has 1 aliphatic carbocycles. The van der Waals surface area contributed by atoms with Gasteiger partial charge in [-0.05, 0) is 45.7 Å². The third-order valence-corrected chi connectivity index (χ3v) is 3.55. The Kier molecular flexibility index (Phi) is 3.50. The van der Waals surface area contributed by atoms with Crippen molar-refractivity contribution >= 4 is 5.97 Å². The number of hydrogen-bond acceptors (Lipinski definition) is 4. The number of esters is 1. The molecule has 2 fully saturated rings. The second-order valence-corrected chi connectivity index (χ2v) is 5.11. The lowest BCUT2D eigenvalue weighted by molar-refractivity contribution is -0.150. The monoisotopic (exact) mass is 226 g/mol. The van der Waals surface area contributed by atoms with Gasteiger partial charge in [0, 0.05) is 13.1 Å². The third kappa shape index (κ3) is 2.55. The van der Waals surface area contributed by atoms with Gasteiger partial charge in [-0.25, -0.2) is 4.79 Å². The van der Waals surface area contributed by atoms with Gasteiger partial charge < -0.3 is 15.0 Å². The van der Waals surface area contributed by atoms with Gasteiger partial charge in [-0.2, -0.15) is 0 Å². The highest BCUT2D eigenvalue weighted by Crippen LogP contribution is 2.30. The van der Waals surface area contributed by atoms with Crippen LogP contribution in [0.3, 0.4) is 0 Å². The minimum Gasteiger partial charge on any atom is -0.465 e. The Bertz CT molecular complexity index is 266. The fourth-order valence-corrected chi connectivity index (χ4v) is 2.31. The van der Waals surface area contributed by atoms with Crippen molar-refractivity contribution in [3.63, 3.8) is 0 Å². The Morgan fingerprint density at radius 1 is 1.56 bits per heavy atom. The molecule has 1 N–H and O–H groups in total. The van der Waals surface area contributed by atoms with Gasteiger partial charge in [0.2, 0.25) is 0 Å². The van der Waals surface area contributed by atoms with Gasteiger partial charge in [-0.3, -0.25) is 0 Å². The van der Waals surface area contributed by atoms with Crippen LogP contribution in [0, 0.1) is 5.92 Å². The zero-order valence-electron chi connectivity index (χ0n) is 10.3. The fraction of sp³-hybridized carbons (Fsp3) is 0.917. The maximum Gasteiger partial charge on any atom is 0.327 e. The summed E-state index contributed by atoms with van der Waals surface area (Å²) in [6.45, 7) is 5.04. The highest BCUT2D eigenvalue weighted by Gasteiger charge is 2.45. The number of carbonyl (C=O) groups excluding carboxylic acids is 1. The first-order valence-electron chi connectivity index (χ1n) is 6.27. The lowest BCUT2D eigenvalue weighted by Crippen LogP contribution is -2.55. The number of likely N-dealkylation sites (tertiary alicyclic amines) is 1. The quantitative estimate of drug-likeness (QED) is 0.698. The zero-order chi connectivity index (χ0) is 11.6. The van der Waals surface area contributed by atoms with Crippen LogP contribution in [0.2, 0.25) is 0 Å². The molecule has 0 aromatic heterocycles. The standard InChI is InChI=1S/C12H22N2O2/c1-3-16-11(15)12(6-7-14(2)9-12)13-8-10-4-5-10/h10,13H,3-9H2,1-2H3. The molecule has 0 spiro atoms. The van der Waals surface area contributed by atoms with Crippen LogP contribution in [-0.2, 0) is 9.53 Å². The van der Waals surface area contributed by atoms with Gasteiger partial charge in [-0.1, -0.05) is 0 Å². The minimum absolute atomic E-state index is 0.0694. The van der Waals surface area contributed by atoms with Gasteiger partial charge in [0.05, 0.1) is 6.61 Å². The number of nitrogens with one attached hydrogen (secondary N) is 1. The Morgan fingerprint density at radius 3 is 2.81 bits per heavy atom. The highest BCUT2D eigenvalue weighted by atomic mass is 16.5. The summed E-state index contributed by atoms with van der Waals surface area (Å²) in [6.07, 6.45) is 3.48. The van der Waals surface area contributed by atoms with Gasteiger partial charge in [0.15, 0.2) is 0 Å². The molecule has 0 bridgehead atoms. The molecular weight excluding hydrogens is 204 g/mol. The maximum absolute atomic E-state index is 12.0. The van der Waals surface area contributed by atoms with Crippen LogP contribution < -0.4 is 5.32 Å². The van der Waals surface area contributed by atoms with Gasteiger partial charge in [0.25, 0.3) is 0 Å². The molecule has 1 atom stereocenters. The predicted molar refractivity (Wildman–Crippen MR) is 62.2 cm³/mol. The molecular formula is C12H22N2O2. The van der Waals surface area contributed by atoms with Crippen LogP contribution in [0.4, 0.5) is 0 Å². The first kappa shape index (κ1) is 11.9. The molecule has 0 radical (unpaired) electrons. The molecule has 16 heavy (non-hydrogen) atoms. The van der Waals surface area contributed by atoms with Crippen molar-refractivity contribution in [1.82, 2.24) is 10.2 Å². The Morgan fingerprint density at radius 2 is 2.31 bits per heavy atom. The lowest BCUT2D eigenvalue weighted by Gasteiger charge is -2.28. The summed E-state index contributed by atoms with van der Waals surface area (Å²) < 4.78 is 5.20. The number of carbonyl (C=O) groups is 1. The first-order valence-corrected chi connectivity index (χ1v) is 6.27. The summed E-state index contributed by atoms with van der Waals surface area (Å²) in [5, 5.41) is 3.46. The van der Waals surface area contributed by atoms with Crippen molar-refractivity contribution in [2.45, 2.75) is 31.7 Å². The Balaban J connectivity index is 1.96. The molecule has 0 aromatic carbocycles. The second kappa shape index (κ2) is 4.72. The van der Waals surface area contributed by atoms with Crippen molar-refractivity contribution in [2.75, 3.05) is 33.3 Å². The summed E-state index contributed by atoms with van der Waals surface area (Å²) in [5.74, 6) is 0.720. The number of nitrogens with zero attached hydrogens (tertiary/aromatic N) is 1. The van der Waals surface area contributed by atoms with E-state index in [-0.39, 0.29) is 5.97 Å². The van der Waals surface area contributed by atoms with E-state index in [2.05, 4.69) is 17.3 Å². The molecule has 1 saturated heterocycles. The van der Waals surface area contributed by atoms with Gasteiger partial charge >= 0.3 is 5.97 Å². The van der Waals surface area contributed by atoms with E-state index in [1.807, 2.05) is 6.92 Å². The molecule has 1 aliphatic heterocycles. The van der Waals surface area contributed by atoms with Crippen LogP contribution in [-0.4, -0.2) is 49.7 Å². The Hall–Kier alpha value is -0.610. The molecule has 1 unspecified atom stereocenters. The van der Waals surface area contributed by atoms with E-state index in [1.54, 1.807) is 0 Å². The van der Waals surface area contributed by atoms with Crippen molar-refractivity contribution in [2.24, 2.45) is 5.92 Å². The first-order chi connectivity index (χ1) is 7.66. The zero-order valence-corrected chi connectivity index (χ0v) is 10.3.